The van der Waals surface area contributed by atoms with Crippen molar-refractivity contribution in [1.29, 1.82) is 0 Å². The third-order valence-corrected chi connectivity index (χ3v) is 5.61. The minimum atomic E-state index is 0.316. The van der Waals surface area contributed by atoms with Crippen molar-refractivity contribution < 1.29 is 4.74 Å². The number of fused-ring (bicyclic) bond motifs is 10. The Morgan fingerprint density at radius 3 is 2.43 bits per heavy atom. The van der Waals surface area contributed by atoms with Crippen molar-refractivity contribution in [3.8, 4) is 0 Å². The lowest BCUT2D eigenvalue weighted by atomic mass is 9.82. The van der Waals surface area contributed by atoms with Crippen LogP contribution in [0.1, 0.15) is 23.7 Å². The summed E-state index contributed by atoms with van der Waals surface area (Å²) in [5.41, 5.74) is 2.98. The van der Waals surface area contributed by atoms with E-state index in [0.717, 1.165) is 12.8 Å². The molecule has 4 aromatic carbocycles. The largest absolute Gasteiger partial charge is 0.364 e. The molecule has 2 aliphatic rings. The van der Waals surface area contributed by atoms with Crippen LogP contribution in [0.3, 0.4) is 0 Å². The monoisotopic (exact) mass is 296 g/mol. The van der Waals surface area contributed by atoms with Crippen LogP contribution in [0.5, 0.6) is 0 Å². The highest BCUT2D eigenvalue weighted by molar-refractivity contribution is 6.20. The Morgan fingerprint density at radius 2 is 1.52 bits per heavy atom. The highest BCUT2D eigenvalue weighted by Crippen LogP contribution is 2.52. The first kappa shape index (κ1) is 12.1. The van der Waals surface area contributed by atoms with E-state index in [0.29, 0.717) is 12.2 Å². The van der Waals surface area contributed by atoms with Gasteiger partial charge >= 0.3 is 0 Å². The normalized spacial score (nSPS) is 22.3. The van der Waals surface area contributed by atoms with Crippen LogP contribution in [-0.4, -0.2) is 6.10 Å². The summed E-state index contributed by atoms with van der Waals surface area (Å²) < 4.78 is 6.01. The number of epoxide rings is 1. The van der Waals surface area contributed by atoms with E-state index in [-0.39, 0.29) is 0 Å². The quantitative estimate of drug-likeness (QED) is 0.307. The molecule has 2 unspecified atom stereocenters. The second-order valence-corrected chi connectivity index (χ2v) is 6.78. The highest BCUT2D eigenvalue weighted by atomic mass is 16.6. The molecular formula is C22H16O. The zero-order chi connectivity index (χ0) is 15.0. The van der Waals surface area contributed by atoms with Crippen molar-refractivity contribution in [2.24, 2.45) is 0 Å². The second kappa shape index (κ2) is 4.12. The first-order valence-electron chi connectivity index (χ1n) is 8.42. The van der Waals surface area contributed by atoms with Crippen LogP contribution in [0.15, 0.2) is 60.7 Å². The maximum atomic E-state index is 6.01. The number of aryl methyl sites for hydroxylation is 1. The van der Waals surface area contributed by atoms with Crippen molar-refractivity contribution >= 4 is 32.3 Å². The molecule has 0 amide bonds. The van der Waals surface area contributed by atoms with Gasteiger partial charge in [0.1, 0.15) is 6.10 Å². The number of hydrogen-bond donors (Lipinski definition) is 0. The van der Waals surface area contributed by atoms with Gasteiger partial charge < -0.3 is 4.74 Å². The average molecular weight is 296 g/mol. The third kappa shape index (κ3) is 1.50. The van der Waals surface area contributed by atoms with Gasteiger partial charge in [0.2, 0.25) is 0 Å². The van der Waals surface area contributed by atoms with Gasteiger partial charge in [0, 0.05) is 0 Å². The van der Waals surface area contributed by atoms with Crippen LogP contribution < -0.4 is 0 Å². The summed E-state index contributed by atoms with van der Waals surface area (Å²) in [6.07, 6.45) is 3.07. The van der Waals surface area contributed by atoms with Crippen molar-refractivity contribution in [3.05, 3.63) is 71.8 Å². The number of benzene rings is 4. The van der Waals surface area contributed by atoms with E-state index in [1.54, 1.807) is 0 Å². The molecule has 0 bridgehead atoms. The molecular weight excluding hydrogens is 280 g/mol. The smallest absolute Gasteiger partial charge is 0.110 e. The molecule has 1 aliphatic carbocycles. The lowest BCUT2D eigenvalue weighted by molar-refractivity contribution is 0.373. The zero-order valence-corrected chi connectivity index (χ0v) is 12.8. The Balaban J connectivity index is 1.94. The van der Waals surface area contributed by atoms with Crippen LogP contribution in [0.25, 0.3) is 32.3 Å². The number of ether oxygens (including phenoxy) is 1. The topological polar surface area (TPSA) is 12.5 Å². The summed E-state index contributed by atoms with van der Waals surface area (Å²) in [4.78, 5) is 0. The molecule has 110 valence electrons. The Morgan fingerprint density at radius 1 is 0.739 bits per heavy atom. The van der Waals surface area contributed by atoms with Crippen LogP contribution in [0.2, 0.25) is 0 Å². The molecule has 1 saturated heterocycles. The Labute approximate surface area is 134 Å². The average Bonchev–Trinajstić information content (AvgIpc) is 3.41. The molecule has 1 nitrogen and oxygen atoms in total. The van der Waals surface area contributed by atoms with Crippen LogP contribution in [0, 0.1) is 0 Å². The summed E-state index contributed by atoms with van der Waals surface area (Å²) in [6.45, 7) is 0. The summed E-state index contributed by atoms with van der Waals surface area (Å²) in [6, 6.07) is 22.2. The summed E-state index contributed by atoms with van der Waals surface area (Å²) >= 11 is 0. The van der Waals surface area contributed by atoms with Gasteiger partial charge in [0.25, 0.3) is 0 Å². The van der Waals surface area contributed by atoms with E-state index in [2.05, 4.69) is 60.7 Å². The van der Waals surface area contributed by atoms with Gasteiger partial charge in [-0.15, -0.1) is 0 Å². The molecule has 23 heavy (non-hydrogen) atoms. The standard InChI is InChI=1S/C22H16O/c1-2-6-14-13(5-1)9-10-17-15-7-3-4-8-16(15)18-11-12-19-22(23-19)21(18)20(14)17/h1-10,19,22H,11-12H2. The van der Waals surface area contributed by atoms with Gasteiger partial charge in [-0.2, -0.15) is 0 Å². The van der Waals surface area contributed by atoms with E-state index in [1.807, 2.05) is 0 Å². The molecule has 1 fully saturated rings. The van der Waals surface area contributed by atoms with Crippen molar-refractivity contribution in [2.45, 2.75) is 25.0 Å². The molecule has 6 rings (SSSR count). The van der Waals surface area contributed by atoms with Gasteiger partial charge in [-0.3, -0.25) is 0 Å². The zero-order valence-electron chi connectivity index (χ0n) is 12.8. The predicted octanol–water partition coefficient (Wildman–Crippen LogP) is 5.53. The molecule has 1 heteroatoms. The SMILES string of the molecule is c1ccc2c(c1)ccc1c3ccccc3c3c(c21)C1OC1CC3. The molecule has 0 radical (unpaired) electrons. The molecule has 0 aromatic heterocycles. The molecule has 1 heterocycles. The van der Waals surface area contributed by atoms with E-state index in [4.69, 9.17) is 4.74 Å². The molecule has 0 N–H and O–H groups in total. The van der Waals surface area contributed by atoms with Gasteiger partial charge in [0.15, 0.2) is 0 Å². The number of hydrogen-bond acceptors (Lipinski definition) is 1. The first-order chi connectivity index (χ1) is 11.4. The lowest BCUT2D eigenvalue weighted by Gasteiger charge is -2.20. The maximum Gasteiger partial charge on any atom is 0.110 e. The van der Waals surface area contributed by atoms with Crippen molar-refractivity contribution in [2.75, 3.05) is 0 Å². The molecule has 0 saturated carbocycles. The van der Waals surface area contributed by atoms with Gasteiger partial charge in [0.05, 0.1) is 6.10 Å². The molecule has 1 aliphatic heterocycles. The minimum Gasteiger partial charge on any atom is -0.364 e. The summed E-state index contributed by atoms with van der Waals surface area (Å²) in [5.74, 6) is 0. The number of rotatable bonds is 0. The minimum absolute atomic E-state index is 0.316. The molecule has 4 aromatic rings. The van der Waals surface area contributed by atoms with Crippen LogP contribution in [-0.2, 0) is 11.2 Å². The fourth-order valence-electron chi connectivity index (χ4n) is 4.55. The van der Waals surface area contributed by atoms with E-state index >= 15 is 0 Å². The van der Waals surface area contributed by atoms with Crippen LogP contribution >= 0.6 is 0 Å². The van der Waals surface area contributed by atoms with Crippen LogP contribution in [0.4, 0.5) is 0 Å². The fraction of sp³-hybridized carbons (Fsp3) is 0.182. The third-order valence-electron chi connectivity index (χ3n) is 5.61. The predicted molar refractivity (Wildman–Crippen MR) is 94.9 cm³/mol. The van der Waals surface area contributed by atoms with Gasteiger partial charge in [-0.05, 0) is 56.3 Å². The highest BCUT2D eigenvalue weighted by Gasteiger charge is 2.45. The first-order valence-corrected chi connectivity index (χ1v) is 8.42. The molecule has 0 spiro atoms. The summed E-state index contributed by atoms with van der Waals surface area (Å²) in [5, 5.41) is 8.27. The lowest BCUT2D eigenvalue weighted by Crippen LogP contribution is -2.06. The Bertz CT molecular complexity index is 1110. The van der Waals surface area contributed by atoms with Crippen molar-refractivity contribution in [3.63, 3.8) is 0 Å². The van der Waals surface area contributed by atoms with E-state index in [1.165, 1.54) is 43.4 Å². The fourth-order valence-corrected chi connectivity index (χ4v) is 4.55. The Hall–Kier alpha value is -2.38. The Kier molecular flexibility index (Phi) is 2.17. The van der Waals surface area contributed by atoms with E-state index < -0.39 is 0 Å². The maximum absolute atomic E-state index is 6.01. The van der Waals surface area contributed by atoms with Gasteiger partial charge in [-0.1, -0.05) is 60.7 Å². The summed E-state index contributed by atoms with van der Waals surface area (Å²) in [7, 11) is 0. The molecule has 2 atom stereocenters. The van der Waals surface area contributed by atoms with Gasteiger partial charge in [-0.25, -0.2) is 0 Å². The van der Waals surface area contributed by atoms with Crippen molar-refractivity contribution in [1.82, 2.24) is 0 Å². The second-order valence-electron chi connectivity index (χ2n) is 6.78. The van der Waals surface area contributed by atoms with E-state index in [9.17, 15) is 0 Å².